The van der Waals surface area contributed by atoms with Gasteiger partial charge in [-0.15, -0.1) is 11.3 Å². The summed E-state index contributed by atoms with van der Waals surface area (Å²) in [5.41, 5.74) is 2.92. The van der Waals surface area contributed by atoms with Crippen molar-refractivity contribution in [2.24, 2.45) is 11.8 Å². The number of thiophene rings is 1. The van der Waals surface area contributed by atoms with Crippen LogP contribution in [0.25, 0.3) is 0 Å². The van der Waals surface area contributed by atoms with Crippen LogP contribution in [0.15, 0.2) is 11.4 Å². The molecule has 1 aromatic rings. The molecule has 3 aliphatic heterocycles. The van der Waals surface area contributed by atoms with Gasteiger partial charge < -0.3 is 4.74 Å². The summed E-state index contributed by atoms with van der Waals surface area (Å²) in [6.07, 6.45) is 1.30. The lowest BCUT2D eigenvalue weighted by atomic mass is 9.81. The molecule has 3 saturated heterocycles. The minimum Gasteiger partial charge on any atom is -0.373 e. The molecule has 0 aromatic carbocycles. The third kappa shape index (κ3) is 1.77. The van der Waals surface area contributed by atoms with Crippen molar-refractivity contribution in [1.82, 2.24) is 10.4 Å². The molecule has 1 N–H and O–H groups in total. The highest BCUT2D eigenvalue weighted by molar-refractivity contribution is 7.10. The summed E-state index contributed by atoms with van der Waals surface area (Å²) in [6, 6.07) is 1.73. The Morgan fingerprint density at radius 3 is 2.43 bits per heavy atom. The molecule has 4 heterocycles. The fourth-order valence-corrected chi connectivity index (χ4v) is 4.23. The van der Waals surface area contributed by atoms with Crippen LogP contribution in [0.3, 0.4) is 0 Å². The van der Waals surface area contributed by atoms with E-state index in [0.717, 1.165) is 22.7 Å². The van der Waals surface area contributed by atoms with Crippen molar-refractivity contribution in [2.45, 2.75) is 32.0 Å². The van der Waals surface area contributed by atoms with Crippen molar-refractivity contribution < 1.29 is 19.1 Å². The van der Waals surface area contributed by atoms with Crippen LogP contribution in [-0.4, -0.2) is 34.9 Å². The second-order valence-electron chi connectivity index (χ2n) is 5.74. The number of hydrogen-bond acceptors (Lipinski definition) is 5. The Morgan fingerprint density at radius 1 is 1.29 bits per heavy atom. The van der Waals surface area contributed by atoms with E-state index in [1.807, 2.05) is 6.92 Å². The molecule has 0 aliphatic carbocycles. The van der Waals surface area contributed by atoms with E-state index in [2.05, 4.69) is 5.43 Å². The fraction of sp³-hybridized carbons (Fsp3) is 0.500. The Bertz CT molecular complexity index is 627. The molecule has 3 aliphatic rings. The van der Waals surface area contributed by atoms with Gasteiger partial charge in [-0.3, -0.25) is 19.8 Å². The maximum Gasteiger partial charge on any atom is 0.271 e. The van der Waals surface area contributed by atoms with Crippen molar-refractivity contribution >= 4 is 29.1 Å². The first-order chi connectivity index (χ1) is 10.1. The number of hydrazine groups is 1. The summed E-state index contributed by atoms with van der Waals surface area (Å²) in [6.45, 7) is 1.90. The number of fused-ring (bicyclic) bond motifs is 5. The molecule has 0 spiro atoms. The second-order valence-corrected chi connectivity index (χ2v) is 6.86. The molecular weight excluding hydrogens is 292 g/mol. The Balaban J connectivity index is 1.55. The number of carbonyl (C=O) groups is 3. The van der Waals surface area contributed by atoms with Crippen molar-refractivity contribution in [3.05, 3.63) is 21.9 Å². The molecule has 1 aromatic heterocycles. The fourth-order valence-electron chi connectivity index (χ4n) is 3.55. The molecule has 4 rings (SSSR count). The van der Waals surface area contributed by atoms with Crippen LogP contribution in [0, 0.1) is 18.8 Å². The van der Waals surface area contributed by atoms with E-state index in [-0.39, 0.29) is 24.0 Å². The van der Waals surface area contributed by atoms with Crippen LogP contribution in [-0.2, 0) is 14.3 Å². The zero-order valence-corrected chi connectivity index (χ0v) is 12.2. The first kappa shape index (κ1) is 13.0. The van der Waals surface area contributed by atoms with Crippen LogP contribution in [0.4, 0.5) is 0 Å². The van der Waals surface area contributed by atoms with Gasteiger partial charge in [-0.2, -0.15) is 5.01 Å². The minimum absolute atomic E-state index is 0.165. The average Bonchev–Trinajstić information content (AvgIpc) is 3.19. The van der Waals surface area contributed by atoms with Crippen LogP contribution in [0.2, 0.25) is 0 Å². The number of ether oxygens (including phenoxy) is 1. The summed E-state index contributed by atoms with van der Waals surface area (Å²) in [5, 5.41) is 2.61. The number of amides is 3. The number of imide groups is 1. The SMILES string of the molecule is Cc1cc(C(=O)NN2C(=O)[C@H]3[C@H](C2=O)[C@H]2CC[C@H]3O2)cs1. The molecule has 7 heteroatoms. The normalized spacial score (nSPS) is 33.7. The zero-order valence-electron chi connectivity index (χ0n) is 11.4. The summed E-state index contributed by atoms with van der Waals surface area (Å²) in [4.78, 5) is 37.9. The lowest BCUT2D eigenvalue weighted by Gasteiger charge is -2.17. The topological polar surface area (TPSA) is 75.7 Å². The summed E-state index contributed by atoms with van der Waals surface area (Å²) in [7, 11) is 0. The first-order valence-corrected chi connectivity index (χ1v) is 7.83. The van der Waals surface area contributed by atoms with Gasteiger partial charge in [0, 0.05) is 10.3 Å². The molecule has 4 atom stereocenters. The molecular formula is C14H14N2O4S. The Kier molecular flexibility index (Phi) is 2.71. The molecule has 0 saturated carbocycles. The van der Waals surface area contributed by atoms with E-state index in [9.17, 15) is 14.4 Å². The smallest absolute Gasteiger partial charge is 0.271 e. The lowest BCUT2D eigenvalue weighted by molar-refractivity contribution is -0.145. The van der Waals surface area contributed by atoms with Gasteiger partial charge >= 0.3 is 0 Å². The molecule has 110 valence electrons. The summed E-state index contributed by atoms with van der Waals surface area (Å²) < 4.78 is 5.64. The number of aryl methyl sites for hydroxylation is 1. The van der Waals surface area contributed by atoms with Gasteiger partial charge in [0.15, 0.2) is 0 Å². The molecule has 2 bridgehead atoms. The zero-order chi connectivity index (χ0) is 14.7. The highest BCUT2D eigenvalue weighted by Gasteiger charge is 2.62. The van der Waals surface area contributed by atoms with Gasteiger partial charge in [0.1, 0.15) is 0 Å². The molecule has 0 unspecified atom stereocenters. The van der Waals surface area contributed by atoms with Gasteiger partial charge in [-0.05, 0) is 25.8 Å². The predicted molar refractivity (Wildman–Crippen MR) is 73.3 cm³/mol. The Labute approximate surface area is 125 Å². The van der Waals surface area contributed by atoms with Gasteiger partial charge in [-0.1, -0.05) is 0 Å². The van der Waals surface area contributed by atoms with Crippen molar-refractivity contribution in [2.75, 3.05) is 0 Å². The summed E-state index contributed by atoms with van der Waals surface area (Å²) >= 11 is 1.45. The van der Waals surface area contributed by atoms with Gasteiger partial charge in [0.25, 0.3) is 17.7 Å². The standard InChI is InChI=1S/C14H14N2O4S/c1-6-4-7(5-21-6)12(17)15-16-13(18)10-8-2-3-9(20-8)11(10)14(16)19/h4-5,8-11H,2-3H2,1H3,(H,15,17)/t8-,9-,10-,11-/m1/s1. The maximum atomic E-state index is 12.4. The van der Waals surface area contributed by atoms with Crippen molar-refractivity contribution in [3.63, 3.8) is 0 Å². The third-order valence-electron chi connectivity index (χ3n) is 4.49. The van der Waals surface area contributed by atoms with Gasteiger partial charge in [0.2, 0.25) is 0 Å². The molecule has 3 fully saturated rings. The first-order valence-electron chi connectivity index (χ1n) is 6.95. The summed E-state index contributed by atoms with van der Waals surface area (Å²) in [5.74, 6) is -1.93. The van der Waals surface area contributed by atoms with Crippen molar-refractivity contribution in [1.29, 1.82) is 0 Å². The largest absolute Gasteiger partial charge is 0.373 e. The number of nitrogens with zero attached hydrogens (tertiary/aromatic N) is 1. The van der Waals surface area contributed by atoms with Gasteiger partial charge in [0.05, 0.1) is 29.6 Å². The lowest BCUT2D eigenvalue weighted by Crippen LogP contribution is -2.47. The number of nitrogens with one attached hydrogen (secondary N) is 1. The van der Waals surface area contributed by atoms with Crippen LogP contribution in [0.1, 0.15) is 28.1 Å². The molecule has 6 nitrogen and oxygen atoms in total. The van der Waals surface area contributed by atoms with Crippen LogP contribution < -0.4 is 5.43 Å². The number of hydrogen-bond donors (Lipinski definition) is 1. The molecule has 3 amide bonds. The highest BCUT2D eigenvalue weighted by atomic mass is 32.1. The van der Waals surface area contributed by atoms with E-state index in [4.69, 9.17) is 4.74 Å². The number of carbonyl (C=O) groups excluding carboxylic acids is 3. The van der Waals surface area contributed by atoms with E-state index in [1.54, 1.807) is 11.4 Å². The maximum absolute atomic E-state index is 12.4. The minimum atomic E-state index is -0.422. The van der Waals surface area contributed by atoms with Gasteiger partial charge in [-0.25, -0.2) is 0 Å². The monoisotopic (exact) mass is 306 g/mol. The van der Waals surface area contributed by atoms with Crippen LogP contribution in [0.5, 0.6) is 0 Å². The molecule has 0 radical (unpaired) electrons. The molecule has 21 heavy (non-hydrogen) atoms. The number of rotatable bonds is 2. The Morgan fingerprint density at radius 2 is 1.90 bits per heavy atom. The van der Waals surface area contributed by atoms with E-state index in [0.29, 0.717) is 5.56 Å². The van der Waals surface area contributed by atoms with Crippen molar-refractivity contribution in [3.8, 4) is 0 Å². The average molecular weight is 306 g/mol. The van der Waals surface area contributed by atoms with E-state index in [1.165, 1.54) is 11.3 Å². The highest BCUT2D eigenvalue weighted by Crippen LogP contribution is 2.48. The van der Waals surface area contributed by atoms with Crippen LogP contribution >= 0.6 is 11.3 Å². The second kappa shape index (κ2) is 4.38. The predicted octanol–water partition coefficient (Wildman–Crippen LogP) is 0.864. The Hall–Kier alpha value is -1.73. The quantitative estimate of drug-likeness (QED) is 0.822. The van der Waals surface area contributed by atoms with E-state index < -0.39 is 17.7 Å². The third-order valence-corrected chi connectivity index (χ3v) is 5.35. The van der Waals surface area contributed by atoms with E-state index >= 15 is 0 Å².